The lowest BCUT2D eigenvalue weighted by atomic mass is 10.1. The van der Waals surface area contributed by atoms with E-state index in [4.69, 9.17) is 4.42 Å². The van der Waals surface area contributed by atoms with E-state index in [0.29, 0.717) is 5.58 Å². The number of rotatable bonds is 3. The van der Waals surface area contributed by atoms with Crippen molar-refractivity contribution in [1.82, 2.24) is 0 Å². The number of carbonyl (C=O) groups excluding carboxylic acids is 2. The lowest BCUT2D eigenvalue weighted by molar-refractivity contribution is -0.137. The Labute approximate surface area is 102 Å². The average Bonchev–Trinajstić information content (AvgIpc) is 2.39. The first-order valence-corrected chi connectivity index (χ1v) is 5.37. The lowest BCUT2D eigenvalue weighted by Crippen LogP contribution is -2.24. The molecule has 5 nitrogen and oxygen atoms in total. The first-order chi connectivity index (χ1) is 8.65. The average molecular weight is 246 g/mol. The molecule has 0 aliphatic heterocycles. The van der Waals surface area contributed by atoms with Crippen molar-refractivity contribution < 1.29 is 18.7 Å². The van der Waals surface area contributed by atoms with Crippen molar-refractivity contribution in [3.05, 3.63) is 46.3 Å². The van der Waals surface area contributed by atoms with Gasteiger partial charge in [0.05, 0.1) is 12.0 Å². The van der Waals surface area contributed by atoms with Crippen LogP contribution in [0.25, 0.3) is 11.0 Å². The fourth-order valence-corrected chi connectivity index (χ4v) is 1.54. The quantitative estimate of drug-likeness (QED) is 0.466. The van der Waals surface area contributed by atoms with E-state index >= 15 is 0 Å². The molecule has 5 heteroatoms. The van der Waals surface area contributed by atoms with Gasteiger partial charge in [-0.2, -0.15) is 0 Å². The Morgan fingerprint density at radius 2 is 2.00 bits per heavy atom. The Kier molecular flexibility index (Phi) is 3.23. The number of esters is 1. The second kappa shape index (κ2) is 4.83. The van der Waals surface area contributed by atoms with Gasteiger partial charge in [-0.1, -0.05) is 12.1 Å². The fourth-order valence-electron chi connectivity index (χ4n) is 1.54. The number of ketones is 1. The molecule has 0 N–H and O–H groups in total. The standard InChI is InChI=1S/C13H10O5/c1-2-17-13(16)12(15)9-7-18-10-6-4-3-5-8(10)11(9)14/h3-7H,2H2,1H3. The highest BCUT2D eigenvalue weighted by Gasteiger charge is 2.22. The summed E-state index contributed by atoms with van der Waals surface area (Å²) in [6.45, 7) is 1.65. The summed E-state index contributed by atoms with van der Waals surface area (Å²) in [6.07, 6.45) is 0.990. The fraction of sp³-hybridized carbons (Fsp3) is 0.154. The Hall–Kier alpha value is -2.43. The first-order valence-electron chi connectivity index (χ1n) is 5.37. The van der Waals surface area contributed by atoms with E-state index in [0.717, 1.165) is 6.26 Å². The maximum absolute atomic E-state index is 12.0. The molecule has 0 radical (unpaired) electrons. The lowest BCUT2D eigenvalue weighted by Gasteiger charge is -2.01. The van der Waals surface area contributed by atoms with E-state index in [1.54, 1.807) is 25.1 Å². The molecule has 2 aromatic rings. The third kappa shape index (κ3) is 2.02. The van der Waals surface area contributed by atoms with Crippen molar-refractivity contribution in [3.63, 3.8) is 0 Å². The summed E-state index contributed by atoms with van der Waals surface area (Å²) < 4.78 is 9.70. The number of fused-ring (bicyclic) bond motifs is 1. The zero-order valence-electron chi connectivity index (χ0n) is 9.64. The molecule has 0 aliphatic rings. The molecule has 2 rings (SSSR count). The van der Waals surface area contributed by atoms with Gasteiger partial charge in [0.15, 0.2) is 0 Å². The van der Waals surface area contributed by atoms with Crippen molar-refractivity contribution in [2.45, 2.75) is 6.92 Å². The van der Waals surface area contributed by atoms with Crippen LogP contribution < -0.4 is 5.43 Å². The molecule has 0 saturated carbocycles. The number of carbonyl (C=O) groups is 2. The van der Waals surface area contributed by atoms with Gasteiger partial charge in [-0.15, -0.1) is 0 Å². The first kappa shape index (κ1) is 12.0. The summed E-state index contributed by atoms with van der Waals surface area (Å²) >= 11 is 0. The van der Waals surface area contributed by atoms with Gasteiger partial charge in [-0.3, -0.25) is 9.59 Å². The Morgan fingerprint density at radius 1 is 1.28 bits per heavy atom. The third-order valence-corrected chi connectivity index (χ3v) is 2.39. The van der Waals surface area contributed by atoms with E-state index in [-0.39, 0.29) is 17.6 Å². The molecular formula is C13H10O5. The molecule has 1 aromatic heterocycles. The van der Waals surface area contributed by atoms with Crippen LogP contribution in [0.2, 0.25) is 0 Å². The monoisotopic (exact) mass is 246 g/mol. The maximum atomic E-state index is 12.0. The number of ether oxygens (including phenoxy) is 1. The van der Waals surface area contributed by atoms with E-state index < -0.39 is 17.2 Å². The molecule has 0 spiro atoms. The highest BCUT2D eigenvalue weighted by atomic mass is 16.5. The van der Waals surface area contributed by atoms with Crippen LogP contribution >= 0.6 is 0 Å². The zero-order valence-corrected chi connectivity index (χ0v) is 9.64. The number of para-hydroxylation sites is 1. The number of Topliss-reactive ketones (excluding diaryl/α,β-unsaturated/α-hetero) is 1. The summed E-state index contributed by atoms with van der Waals surface area (Å²) in [5.74, 6) is -2.04. The van der Waals surface area contributed by atoms with Gasteiger partial charge < -0.3 is 9.15 Å². The molecule has 18 heavy (non-hydrogen) atoms. The van der Waals surface area contributed by atoms with Crippen molar-refractivity contribution in [2.24, 2.45) is 0 Å². The van der Waals surface area contributed by atoms with Crippen molar-refractivity contribution >= 4 is 22.7 Å². The molecule has 0 amide bonds. The predicted molar refractivity (Wildman–Crippen MR) is 63.4 cm³/mol. The van der Waals surface area contributed by atoms with Crippen molar-refractivity contribution in [1.29, 1.82) is 0 Å². The number of benzene rings is 1. The van der Waals surface area contributed by atoms with Gasteiger partial charge in [0, 0.05) is 0 Å². The molecule has 0 atom stereocenters. The van der Waals surface area contributed by atoms with E-state index in [1.165, 1.54) is 6.07 Å². The second-order valence-corrected chi connectivity index (χ2v) is 3.52. The molecule has 92 valence electrons. The largest absolute Gasteiger partial charge is 0.463 e. The molecule has 0 saturated heterocycles. The molecular weight excluding hydrogens is 236 g/mol. The van der Waals surface area contributed by atoms with Crippen LogP contribution in [-0.2, 0) is 9.53 Å². The highest BCUT2D eigenvalue weighted by Crippen LogP contribution is 2.10. The van der Waals surface area contributed by atoms with Crippen LogP contribution in [-0.4, -0.2) is 18.4 Å². The predicted octanol–water partition coefficient (Wildman–Crippen LogP) is 1.54. The second-order valence-electron chi connectivity index (χ2n) is 3.52. The summed E-state index contributed by atoms with van der Waals surface area (Å²) in [7, 11) is 0. The molecule has 1 aromatic carbocycles. The number of hydrogen-bond donors (Lipinski definition) is 0. The summed E-state index contributed by atoms with van der Waals surface area (Å²) in [5, 5.41) is 0.257. The van der Waals surface area contributed by atoms with Crippen LogP contribution in [0.5, 0.6) is 0 Å². The van der Waals surface area contributed by atoms with Crippen LogP contribution in [0, 0.1) is 0 Å². The Bertz CT molecular complexity index is 668. The van der Waals surface area contributed by atoms with Crippen LogP contribution in [0.3, 0.4) is 0 Å². The summed E-state index contributed by atoms with van der Waals surface area (Å²) in [6, 6.07) is 6.49. The third-order valence-electron chi connectivity index (χ3n) is 2.39. The Balaban J connectivity index is 2.53. The summed E-state index contributed by atoms with van der Waals surface area (Å²) in [4.78, 5) is 34.9. The minimum Gasteiger partial charge on any atom is -0.463 e. The van der Waals surface area contributed by atoms with E-state index in [2.05, 4.69) is 4.74 Å². The minimum absolute atomic E-state index is 0.0729. The van der Waals surface area contributed by atoms with Gasteiger partial charge in [0.1, 0.15) is 17.4 Å². The Morgan fingerprint density at radius 3 is 2.72 bits per heavy atom. The molecule has 0 aliphatic carbocycles. The van der Waals surface area contributed by atoms with Gasteiger partial charge in [-0.25, -0.2) is 4.79 Å². The normalized spacial score (nSPS) is 10.3. The van der Waals surface area contributed by atoms with Gasteiger partial charge >= 0.3 is 5.97 Å². The topological polar surface area (TPSA) is 73.6 Å². The zero-order chi connectivity index (χ0) is 13.1. The molecule has 0 fully saturated rings. The molecule has 0 bridgehead atoms. The smallest absolute Gasteiger partial charge is 0.379 e. The molecule has 0 unspecified atom stereocenters. The van der Waals surface area contributed by atoms with Crippen LogP contribution in [0.1, 0.15) is 17.3 Å². The van der Waals surface area contributed by atoms with Gasteiger partial charge in [0.2, 0.25) is 5.43 Å². The van der Waals surface area contributed by atoms with Crippen molar-refractivity contribution in [3.8, 4) is 0 Å². The van der Waals surface area contributed by atoms with Gasteiger partial charge in [-0.05, 0) is 19.1 Å². The highest BCUT2D eigenvalue weighted by molar-refractivity contribution is 6.40. The van der Waals surface area contributed by atoms with Crippen molar-refractivity contribution in [2.75, 3.05) is 6.61 Å². The summed E-state index contributed by atoms with van der Waals surface area (Å²) in [5.41, 5.74) is -0.482. The van der Waals surface area contributed by atoms with Crippen LogP contribution in [0.15, 0.2) is 39.7 Å². The molecule has 1 heterocycles. The number of hydrogen-bond acceptors (Lipinski definition) is 5. The van der Waals surface area contributed by atoms with Crippen LogP contribution in [0.4, 0.5) is 0 Å². The SMILES string of the molecule is CCOC(=O)C(=O)c1coc2ccccc2c1=O. The maximum Gasteiger partial charge on any atom is 0.379 e. The van der Waals surface area contributed by atoms with Gasteiger partial charge in [0.25, 0.3) is 5.78 Å². The van der Waals surface area contributed by atoms with E-state index in [9.17, 15) is 14.4 Å². The minimum atomic E-state index is -1.06. The van der Waals surface area contributed by atoms with E-state index in [1.807, 2.05) is 0 Å².